The number of likely N-dealkylation sites (tertiary alicyclic amines) is 1. The van der Waals surface area contributed by atoms with Crippen molar-refractivity contribution in [1.82, 2.24) is 25.5 Å². The van der Waals surface area contributed by atoms with Crippen molar-refractivity contribution in [1.29, 1.82) is 5.26 Å². The fraction of sp³-hybridized carbons (Fsp3) is 0.407. The van der Waals surface area contributed by atoms with Gasteiger partial charge in [0.2, 0.25) is 17.7 Å². The number of thiazole rings is 1. The van der Waals surface area contributed by atoms with Crippen LogP contribution in [0.3, 0.4) is 0 Å². The van der Waals surface area contributed by atoms with Crippen LogP contribution < -0.4 is 25.3 Å². The Morgan fingerprint density at radius 3 is 2.21 bits per heavy atom. The second kappa shape index (κ2) is 21.4. The molecule has 382 valence electrons. The molecule has 8 rings (SSSR count). The third kappa shape index (κ3) is 11.4. The van der Waals surface area contributed by atoms with Crippen molar-refractivity contribution in [2.75, 3.05) is 47.5 Å². The zero-order valence-corrected chi connectivity index (χ0v) is 43.2. The smallest absolute Gasteiger partial charge is 0.371 e. The zero-order valence-electron chi connectivity index (χ0n) is 41.6. The van der Waals surface area contributed by atoms with Crippen molar-refractivity contribution in [2.24, 2.45) is 11.3 Å². The molecule has 14 nitrogen and oxygen atoms in total. The van der Waals surface area contributed by atoms with Crippen LogP contribution in [0.2, 0.25) is 0 Å². The molecule has 1 unspecified atom stereocenters. The number of aromatic nitrogens is 2. The molecule has 2 N–H and O–H groups in total. The Kier molecular flexibility index (Phi) is 15.4. The first-order valence-electron chi connectivity index (χ1n) is 24.2. The fourth-order valence-electron chi connectivity index (χ4n) is 9.63. The van der Waals surface area contributed by atoms with Gasteiger partial charge in [0.05, 0.1) is 45.6 Å². The van der Waals surface area contributed by atoms with Gasteiger partial charge >= 0.3 is 6.18 Å². The molecule has 19 heteroatoms. The minimum atomic E-state index is -4.80. The van der Waals surface area contributed by atoms with E-state index >= 15 is 0 Å². The number of alkyl halides is 3. The van der Waals surface area contributed by atoms with Crippen LogP contribution in [0.4, 0.5) is 30.4 Å². The number of anilines is 3. The lowest BCUT2D eigenvalue weighted by atomic mass is 9.85. The Bertz CT molecular complexity index is 2910. The maximum atomic E-state index is 14.1. The summed E-state index contributed by atoms with van der Waals surface area (Å²) in [4.78, 5) is 71.2. The summed E-state index contributed by atoms with van der Waals surface area (Å²) in [6.07, 6.45) is -0.125. The van der Waals surface area contributed by atoms with Gasteiger partial charge in [0.1, 0.15) is 30.0 Å². The van der Waals surface area contributed by atoms with Crippen molar-refractivity contribution in [3.8, 4) is 27.6 Å². The number of carbonyl (C=O) groups excluding carboxylic acids is 4. The Morgan fingerprint density at radius 1 is 0.918 bits per heavy atom. The molecule has 3 aliphatic rings. The molecular formula is C54H58F3N9O5S2. The molecule has 73 heavy (non-hydrogen) atoms. The molecule has 3 aromatic carbocycles. The molecule has 5 aromatic rings. The third-order valence-electron chi connectivity index (χ3n) is 13.8. The van der Waals surface area contributed by atoms with E-state index in [2.05, 4.69) is 20.5 Å². The highest BCUT2D eigenvalue weighted by molar-refractivity contribution is 7.81. The van der Waals surface area contributed by atoms with Crippen molar-refractivity contribution in [2.45, 2.75) is 97.6 Å². The van der Waals surface area contributed by atoms with Gasteiger partial charge in [0.15, 0.2) is 5.11 Å². The van der Waals surface area contributed by atoms with Crippen molar-refractivity contribution >= 4 is 69.5 Å². The van der Waals surface area contributed by atoms with Gasteiger partial charge in [-0.3, -0.25) is 24.1 Å². The van der Waals surface area contributed by atoms with E-state index in [0.717, 1.165) is 81.6 Å². The van der Waals surface area contributed by atoms with Gasteiger partial charge in [-0.1, -0.05) is 57.2 Å². The molecule has 0 aliphatic carbocycles. The highest BCUT2D eigenvalue weighted by Crippen LogP contribution is 2.40. The predicted molar refractivity (Wildman–Crippen MR) is 278 cm³/mol. The summed E-state index contributed by atoms with van der Waals surface area (Å²) in [5.74, 6) is -0.355. The summed E-state index contributed by atoms with van der Waals surface area (Å²) in [6.45, 7) is 13.4. The van der Waals surface area contributed by atoms with Gasteiger partial charge in [-0.25, -0.2) is 9.97 Å². The predicted octanol–water partition coefficient (Wildman–Crippen LogP) is 9.06. The third-order valence-corrected chi connectivity index (χ3v) is 15.1. The quantitative estimate of drug-likeness (QED) is 0.102. The summed E-state index contributed by atoms with van der Waals surface area (Å²) in [7, 11) is 0. The van der Waals surface area contributed by atoms with E-state index in [4.69, 9.17) is 21.9 Å². The number of nitriles is 1. The van der Waals surface area contributed by atoms with Crippen LogP contribution in [-0.4, -0.2) is 94.1 Å². The largest absolute Gasteiger partial charge is 0.417 e. The van der Waals surface area contributed by atoms with Crippen LogP contribution in [-0.2, 0) is 36.6 Å². The van der Waals surface area contributed by atoms with E-state index in [-0.39, 0.29) is 35.1 Å². The number of nitrogens with zero attached hydrogens (tertiary/aromatic N) is 7. The minimum absolute atomic E-state index is 0.0126. The molecule has 4 amide bonds. The topological polar surface area (TPSA) is 164 Å². The molecule has 2 atom stereocenters. The molecule has 3 aliphatic heterocycles. The summed E-state index contributed by atoms with van der Waals surface area (Å²) in [5.41, 5.74) is 3.49. The number of hydrogen-bond acceptors (Lipinski definition) is 11. The molecule has 0 saturated carbocycles. The normalized spacial score (nSPS) is 17.7. The average molecular weight is 1030 g/mol. The fourth-order valence-corrected chi connectivity index (χ4v) is 11.0. The number of benzene rings is 3. The van der Waals surface area contributed by atoms with Gasteiger partial charge < -0.3 is 30.1 Å². The lowest BCUT2D eigenvalue weighted by molar-refractivity contribution is -0.144. The lowest BCUT2D eigenvalue weighted by Gasteiger charge is -2.35. The Morgan fingerprint density at radius 2 is 1.59 bits per heavy atom. The summed E-state index contributed by atoms with van der Waals surface area (Å²) >= 11 is 7.29. The van der Waals surface area contributed by atoms with Crippen molar-refractivity contribution < 1.29 is 37.1 Å². The summed E-state index contributed by atoms with van der Waals surface area (Å²) in [6, 6.07) is 22.5. The molecule has 3 fully saturated rings. The van der Waals surface area contributed by atoms with E-state index in [1.54, 1.807) is 59.4 Å². The number of aryl methyl sites for hydroxylation is 1. The second-order valence-electron chi connectivity index (χ2n) is 20.3. The van der Waals surface area contributed by atoms with Gasteiger partial charge in [-0.2, -0.15) is 18.4 Å². The number of carbonyl (C=O) groups is 4. The standard InChI is InChI=1S/C54H58F3N9O5S2/c1-33-46(73-32-61-33)37-11-9-34(10-12-37)28-60-48(68)43-8-7-23-64(43)49(69)47(52(2,3)4)62-45(67)31-71-30-35-21-24-63(25-22-35)44-20-16-39(29-59-44)36-13-17-40(18-14-36)66-51(72)65(50(70)53(66,5)6)41-19-15-38(27-58)42(26-41)54(55,56)57/h9-20,26,29,32,35,43,47H,7-8,21-25,28,30-31H2,1-6H3,(H,60,68)(H,62,67)/t43-,47?/m0/s1. The van der Waals surface area contributed by atoms with Crippen LogP contribution in [0.15, 0.2) is 90.6 Å². The maximum absolute atomic E-state index is 14.1. The molecular weight excluding hydrogens is 976 g/mol. The zero-order chi connectivity index (χ0) is 52.4. The van der Waals surface area contributed by atoms with E-state index < -0.39 is 52.2 Å². The SMILES string of the molecule is Cc1ncsc1-c1ccc(CNC(=O)[C@@H]2CCCN2C(=O)C(NC(=O)COCC2CCN(c3ccc(-c4ccc(N5C(=S)N(c6ccc(C#N)c(C(F)(F)F)c6)C(=O)C5(C)C)cc4)cn3)CC2)C(C)(C)C)cc1. The van der Waals surface area contributed by atoms with E-state index in [1.807, 2.05) is 81.7 Å². The number of amides is 4. The number of halogens is 3. The van der Waals surface area contributed by atoms with Gasteiger partial charge in [-0.15, -0.1) is 11.3 Å². The molecule has 0 spiro atoms. The molecule has 0 bridgehead atoms. The van der Waals surface area contributed by atoms with Crippen LogP contribution in [0.1, 0.15) is 82.7 Å². The van der Waals surface area contributed by atoms with Crippen molar-refractivity contribution in [3.63, 3.8) is 0 Å². The number of hydrogen-bond donors (Lipinski definition) is 2. The number of rotatable bonds is 14. The van der Waals surface area contributed by atoms with E-state index in [1.165, 1.54) is 6.07 Å². The lowest BCUT2D eigenvalue weighted by Crippen LogP contribution is -2.58. The molecule has 2 aromatic heterocycles. The van der Waals surface area contributed by atoms with Crippen LogP contribution in [0.25, 0.3) is 21.6 Å². The van der Waals surface area contributed by atoms with Crippen LogP contribution in [0, 0.1) is 29.6 Å². The monoisotopic (exact) mass is 1030 g/mol. The summed E-state index contributed by atoms with van der Waals surface area (Å²) < 4.78 is 47.3. The van der Waals surface area contributed by atoms with Gasteiger partial charge in [0, 0.05) is 43.6 Å². The Hall–Kier alpha value is -6.75. The first-order chi connectivity index (χ1) is 34.6. The maximum Gasteiger partial charge on any atom is 0.417 e. The first kappa shape index (κ1) is 52.6. The van der Waals surface area contributed by atoms with Crippen LogP contribution >= 0.6 is 23.6 Å². The molecule has 0 radical (unpaired) electrons. The van der Waals surface area contributed by atoms with E-state index in [0.29, 0.717) is 38.2 Å². The average Bonchev–Trinajstić information content (AvgIpc) is 4.08. The Balaban J connectivity index is 0.792. The van der Waals surface area contributed by atoms with Crippen LogP contribution in [0.5, 0.6) is 0 Å². The number of nitrogens with one attached hydrogen (secondary N) is 2. The number of thiocarbonyl (C=S) groups is 1. The number of piperidine rings is 1. The highest BCUT2D eigenvalue weighted by Gasteiger charge is 2.51. The molecule has 5 heterocycles. The molecule has 3 saturated heterocycles. The number of pyridine rings is 1. The minimum Gasteiger partial charge on any atom is -0.371 e. The Labute approximate surface area is 432 Å². The second-order valence-corrected chi connectivity index (χ2v) is 21.5. The van der Waals surface area contributed by atoms with Crippen molar-refractivity contribution in [3.05, 3.63) is 113 Å². The highest BCUT2D eigenvalue weighted by atomic mass is 32.1. The number of ether oxygens (including phenoxy) is 1. The van der Waals surface area contributed by atoms with E-state index in [9.17, 15) is 37.6 Å². The van der Waals surface area contributed by atoms with Gasteiger partial charge in [-0.05, 0) is 129 Å². The first-order valence-corrected chi connectivity index (χ1v) is 25.5. The van der Waals surface area contributed by atoms with Gasteiger partial charge in [0.25, 0.3) is 5.91 Å². The summed E-state index contributed by atoms with van der Waals surface area (Å²) in [5, 5.41) is 15.2.